The molecule has 0 saturated heterocycles. The highest BCUT2D eigenvalue weighted by Gasteiger charge is 2.27. The van der Waals surface area contributed by atoms with Crippen LogP contribution in [0.2, 0.25) is 0 Å². The number of amides is 1. The van der Waals surface area contributed by atoms with Crippen LogP contribution in [-0.2, 0) is 6.54 Å². The van der Waals surface area contributed by atoms with E-state index in [9.17, 15) is 4.79 Å². The topological polar surface area (TPSA) is 60.5 Å². The van der Waals surface area contributed by atoms with E-state index in [1.807, 2.05) is 79.4 Å². The Balaban J connectivity index is 1.78. The van der Waals surface area contributed by atoms with Crippen LogP contribution in [-0.4, -0.2) is 26.6 Å². The summed E-state index contributed by atoms with van der Waals surface area (Å²) in [6.45, 7) is 6.40. The normalized spacial score (nSPS) is 11.8. The maximum Gasteiger partial charge on any atom is 0.290 e. The summed E-state index contributed by atoms with van der Waals surface area (Å²) in [6, 6.07) is 22.9. The Bertz CT molecular complexity index is 1150. The van der Waals surface area contributed by atoms with Gasteiger partial charge in [0, 0.05) is 6.04 Å². The maximum absolute atomic E-state index is 13.2. The Morgan fingerprint density at radius 1 is 1.06 bits per heavy atom. The first-order valence-corrected chi connectivity index (χ1v) is 10.8. The highest BCUT2D eigenvalue weighted by Crippen LogP contribution is 2.32. The monoisotopic (exact) mass is 429 g/mol. The zero-order chi connectivity index (χ0) is 22.5. The van der Waals surface area contributed by atoms with Crippen molar-refractivity contribution in [2.45, 2.75) is 39.8 Å². The summed E-state index contributed by atoms with van der Waals surface area (Å²) in [5, 5.41) is 4.77. The molecule has 2 aromatic carbocycles. The van der Waals surface area contributed by atoms with Crippen molar-refractivity contribution in [3.63, 3.8) is 0 Å². The number of carbonyl (C=O) groups excluding carboxylic acids is 1. The minimum atomic E-state index is -0.151. The van der Waals surface area contributed by atoms with Crippen molar-refractivity contribution < 1.29 is 13.9 Å². The molecule has 0 bridgehead atoms. The first-order valence-electron chi connectivity index (χ1n) is 10.8. The van der Waals surface area contributed by atoms with Crippen LogP contribution < -0.4 is 4.74 Å². The molecule has 32 heavy (non-hydrogen) atoms. The molecule has 0 spiro atoms. The second kappa shape index (κ2) is 9.56. The number of aromatic nitrogens is 2. The SMILES string of the molecule is CCC(C)N(Cc1c(C)nn(-c2ccccc2)c1Oc1ccccc1)C(=O)c1ccco1. The zero-order valence-corrected chi connectivity index (χ0v) is 18.6. The summed E-state index contributed by atoms with van der Waals surface area (Å²) < 4.78 is 13.5. The molecule has 0 radical (unpaired) electrons. The fourth-order valence-corrected chi connectivity index (χ4v) is 3.53. The van der Waals surface area contributed by atoms with E-state index < -0.39 is 0 Å². The molecule has 0 aliphatic heterocycles. The molecule has 4 rings (SSSR count). The molecule has 0 N–H and O–H groups in total. The van der Waals surface area contributed by atoms with Gasteiger partial charge in [-0.1, -0.05) is 43.3 Å². The van der Waals surface area contributed by atoms with E-state index in [2.05, 4.69) is 6.92 Å². The van der Waals surface area contributed by atoms with Crippen molar-refractivity contribution in [3.05, 3.63) is 96.1 Å². The molecule has 0 aliphatic carbocycles. The van der Waals surface area contributed by atoms with Crippen LogP contribution in [0.1, 0.15) is 42.1 Å². The highest BCUT2D eigenvalue weighted by atomic mass is 16.5. The van der Waals surface area contributed by atoms with E-state index in [1.54, 1.807) is 16.8 Å². The van der Waals surface area contributed by atoms with Crippen molar-refractivity contribution in [2.75, 3.05) is 0 Å². The number of rotatable bonds is 8. The van der Waals surface area contributed by atoms with E-state index in [0.29, 0.717) is 23.9 Å². The molecule has 0 saturated carbocycles. The van der Waals surface area contributed by atoms with Crippen LogP contribution in [0.5, 0.6) is 11.6 Å². The number of aryl methyl sites for hydroxylation is 1. The van der Waals surface area contributed by atoms with Crippen LogP contribution in [0, 0.1) is 6.92 Å². The number of benzene rings is 2. The highest BCUT2D eigenvalue weighted by molar-refractivity contribution is 5.91. The van der Waals surface area contributed by atoms with Crippen LogP contribution in [0.3, 0.4) is 0 Å². The number of carbonyl (C=O) groups is 1. The van der Waals surface area contributed by atoms with Crippen LogP contribution in [0.25, 0.3) is 5.69 Å². The third-order valence-electron chi connectivity index (χ3n) is 5.54. The lowest BCUT2D eigenvalue weighted by Gasteiger charge is -2.28. The number of ether oxygens (including phenoxy) is 1. The molecule has 1 unspecified atom stereocenters. The van der Waals surface area contributed by atoms with Crippen molar-refractivity contribution >= 4 is 5.91 Å². The van der Waals surface area contributed by atoms with Gasteiger partial charge in [0.25, 0.3) is 5.91 Å². The lowest BCUT2D eigenvalue weighted by atomic mass is 10.1. The first kappa shape index (κ1) is 21.4. The smallest absolute Gasteiger partial charge is 0.290 e. The van der Waals surface area contributed by atoms with Gasteiger partial charge in [-0.15, -0.1) is 0 Å². The summed E-state index contributed by atoms with van der Waals surface area (Å²) >= 11 is 0. The lowest BCUT2D eigenvalue weighted by molar-refractivity contribution is 0.0637. The molecule has 1 amide bonds. The van der Waals surface area contributed by atoms with Crippen LogP contribution in [0.15, 0.2) is 83.5 Å². The van der Waals surface area contributed by atoms with Crippen molar-refractivity contribution in [1.29, 1.82) is 0 Å². The summed E-state index contributed by atoms with van der Waals surface area (Å²) in [7, 11) is 0. The number of para-hydroxylation sites is 2. The third-order valence-corrected chi connectivity index (χ3v) is 5.54. The number of hydrogen-bond acceptors (Lipinski definition) is 4. The van der Waals surface area contributed by atoms with Crippen molar-refractivity contribution in [1.82, 2.24) is 14.7 Å². The van der Waals surface area contributed by atoms with Crippen molar-refractivity contribution in [2.24, 2.45) is 0 Å². The van der Waals surface area contributed by atoms with E-state index in [0.717, 1.165) is 23.4 Å². The van der Waals surface area contributed by atoms with Crippen LogP contribution >= 0.6 is 0 Å². The fourth-order valence-electron chi connectivity index (χ4n) is 3.53. The summed E-state index contributed by atoms with van der Waals surface area (Å²) in [6.07, 6.45) is 2.33. The van der Waals surface area contributed by atoms with Gasteiger partial charge in [0.1, 0.15) is 5.75 Å². The standard InChI is InChI=1S/C26H27N3O3/c1-4-19(2)28(25(30)24-16-11-17-31-24)18-23-20(3)27-29(21-12-7-5-8-13-21)26(23)32-22-14-9-6-10-15-22/h5-17,19H,4,18H2,1-3H3. The molecule has 0 aliphatic rings. The molecule has 0 fully saturated rings. The van der Waals surface area contributed by atoms with Gasteiger partial charge in [0.05, 0.1) is 29.8 Å². The van der Waals surface area contributed by atoms with E-state index in [1.165, 1.54) is 6.26 Å². The Morgan fingerprint density at radius 2 is 1.75 bits per heavy atom. The summed E-state index contributed by atoms with van der Waals surface area (Å²) in [4.78, 5) is 15.0. The molecule has 164 valence electrons. The van der Waals surface area contributed by atoms with E-state index in [-0.39, 0.29) is 11.9 Å². The summed E-state index contributed by atoms with van der Waals surface area (Å²) in [5.41, 5.74) is 2.55. The van der Waals surface area contributed by atoms with Gasteiger partial charge in [-0.05, 0) is 56.7 Å². The Labute approximate surface area is 188 Å². The first-order chi connectivity index (χ1) is 15.6. The molecular formula is C26H27N3O3. The Hall–Kier alpha value is -3.80. The molecule has 1 atom stereocenters. The molecule has 2 heterocycles. The predicted octanol–water partition coefficient (Wildman–Crippen LogP) is 6.01. The number of furan rings is 1. The predicted molar refractivity (Wildman–Crippen MR) is 123 cm³/mol. The molecular weight excluding hydrogens is 402 g/mol. The van der Waals surface area contributed by atoms with Gasteiger partial charge < -0.3 is 14.1 Å². The van der Waals surface area contributed by atoms with Gasteiger partial charge in [0.15, 0.2) is 5.76 Å². The number of hydrogen-bond donors (Lipinski definition) is 0. The summed E-state index contributed by atoms with van der Waals surface area (Å²) in [5.74, 6) is 1.48. The molecule has 2 aromatic heterocycles. The Morgan fingerprint density at radius 3 is 2.38 bits per heavy atom. The average Bonchev–Trinajstić information content (AvgIpc) is 3.47. The van der Waals surface area contributed by atoms with Gasteiger partial charge >= 0.3 is 0 Å². The third kappa shape index (κ3) is 4.44. The maximum atomic E-state index is 13.2. The van der Waals surface area contributed by atoms with Crippen LogP contribution in [0.4, 0.5) is 0 Å². The fraction of sp³-hybridized carbons (Fsp3) is 0.231. The minimum Gasteiger partial charge on any atom is -0.459 e. The molecule has 6 nitrogen and oxygen atoms in total. The van der Waals surface area contributed by atoms with Gasteiger partial charge in [-0.2, -0.15) is 5.10 Å². The number of nitrogens with zero attached hydrogens (tertiary/aromatic N) is 3. The zero-order valence-electron chi connectivity index (χ0n) is 18.6. The van der Waals surface area contributed by atoms with Crippen molar-refractivity contribution in [3.8, 4) is 17.3 Å². The van der Waals surface area contributed by atoms with Gasteiger partial charge in [0.2, 0.25) is 5.88 Å². The Kier molecular flexibility index (Phi) is 6.40. The van der Waals surface area contributed by atoms with E-state index >= 15 is 0 Å². The van der Waals surface area contributed by atoms with Gasteiger partial charge in [-0.3, -0.25) is 4.79 Å². The molecule has 4 aromatic rings. The quantitative estimate of drug-likeness (QED) is 0.344. The second-order valence-electron chi connectivity index (χ2n) is 7.70. The second-order valence-corrected chi connectivity index (χ2v) is 7.70. The average molecular weight is 430 g/mol. The van der Waals surface area contributed by atoms with E-state index in [4.69, 9.17) is 14.3 Å². The minimum absolute atomic E-state index is 0.0108. The lowest BCUT2D eigenvalue weighted by Crippen LogP contribution is -2.37. The largest absolute Gasteiger partial charge is 0.459 e. The molecule has 6 heteroatoms. The van der Waals surface area contributed by atoms with Gasteiger partial charge in [-0.25, -0.2) is 4.68 Å².